The first-order valence-electron chi connectivity index (χ1n) is 9.01. The molecule has 0 amide bonds. The van der Waals surface area contributed by atoms with Crippen LogP contribution in [0, 0.1) is 5.82 Å². The molecular formula is C20H25Cl2FN2O3. The number of ether oxygens (including phenoxy) is 2. The van der Waals surface area contributed by atoms with Gasteiger partial charge in [-0.25, -0.2) is 4.39 Å². The summed E-state index contributed by atoms with van der Waals surface area (Å²) in [5.74, 6) is 0.388. The fourth-order valence-corrected chi connectivity index (χ4v) is 3.11. The van der Waals surface area contributed by atoms with Crippen molar-refractivity contribution in [2.45, 2.75) is 19.6 Å². The van der Waals surface area contributed by atoms with Crippen LogP contribution in [0.4, 0.5) is 4.39 Å². The number of rotatable bonds is 12. The van der Waals surface area contributed by atoms with Crippen LogP contribution in [0.15, 0.2) is 30.3 Å². The molecule has 0 radical (unpaired) electrons. The highest BCUT2D eigenvalue weighted by Crippen LogP contribution is 2.37. The molecule has 8 heteroatoms. The highest BCUT2D eigenvalue weighted by atomic mass is 35.5. The van der Waals surface area contributed by atoms with E-state index in [1.54, 1.807) is 18.2 Å². The van der Waals surface area contributed by atoms with Crippen molar-refractivity contribution in [3.63, 3.8) is 0 Å². The number of aliphatic hydroxyl groups is 1. The summed E-state index contributed by atoms with van der Waals surface area (Å²) in [5, 5.41) is 15.8. The standard InChI is InChI=1S/C20H25Cl2FN2O3/c1-27-19-11-14(12-25-7-3-6-24-8-9-26)10-17(22)20(19)28-13-15-16(21)4-2-5-18(15)23/h2,4-5,10-11,24-26H,3,6-9,12-13H2,1H3. The van der Waals surface area contributed by atoms with Crippen LogP contribution in [-0.2, 0) is 13.2 Å². The summed E-state index contributed by atoms with van der Waals surface area (Å²) in [7, 11) is 1.53. The Kier molecular flexibility index (Phi) is 9.81. The third kappa shape index (κ3) is 6.79. The maximum atomic E-state index is 13.9. The van der Waals surface area contributed by atoms with Gasteiger partial charge in [-0.1, -0.05) is 29.3 Å². The van der Waals surface area contributed by atoms with Crippen LogP contribution in [0.25, 0.3) is 0 Å². The van der Waals surface area contributed by atoms with E-state index in [4.69, 9.17) is 37.8 Å². The van der Waals surface area contributed by atoms with E-state index < -0.39 is 5.82 Å². The van der Waals surface area contributed by atoms with Gasteiger partial charge in [0.25, 0.3) is 0 Å². The van der Waals surface area contributed by atoms with Crippen LogP contribution in [0.2, 0.25) is 10.0 Å². The van der Waals surface area contributed by atoms with Gasteiger partial charge in [-0.15, -0.1) is 0 Å². The number of benzene rings is 2. The number of aliphatic hydroxyl groups excluding tert-OH is 1. The second-order valence-electron chi connectivity index (χ2n) is 6.10. The summed E-state index contributed by atoms with van der Waals surface area (Å²) in [6.07, 6.45) is 0.940. The monoisotopic (exact) mass is 430 g/mol. The van der Waals surface area contributed by atoms with E-state index in [0.29, 0.717) is 34.6 Å². The summed E-state index contributed by atoms with van der Waals surface area (Å²) < 4.78 is 25.0. The molecule has 0 heterocycles. The first-order valence-corrected chi connectivity index (χ1v) is 9.76. The van der Waals surface area contributed by atoms with Crippen LogP contribution in [0.1, 0.15) is 17.5 Å². The van der Waals surface area contributed by atoms with Crippen molar-refractivity contribution >= 4 is 23.2 Å². The Morgan fingerprint density at radius 3 is 2.57 bits per heavy atom. The van der Waals surface area contributed by atoms with Crippen molar-refractivity contribution in [3.05, 3.63) is 57.3 Å². The maximum Gasteiger partial charge on any atom is 0.180 e. The predicted molar refractivity (Wildman–Crippen MR) is 110 cm³/mol. The average molecular weight is 431 g/mol. The smallest absolute Gasteiger partial charge is 0.180 e. The van der Waals surface area contributed by atoms with E-state index in [2.05, 4.69) is 10.6 Å². The Hall–Kier alpha value is -1.57. The molecule has 154 valence electrons. The Balaban J connectivity index is 1.95. The quantitative estimate of drug-likeness (QED) is 0.447. The maximum absolute atomic E-state index is 13.9. The molecule has 3 N–H and O–H groups in total. The minimum absolute atomic E-state index is 0.0555. The largest absolute Gasteiger partial charge is 0.493 e. The zero-order valence-electron chi connectivity index (χ0n) is 15.7. The van der Waals surface area contributed by atoms with Gasteiger partial charge in [0.1, 0.15) is 12.4 Å². The van der Waals surface area contributed by atoms with Gasteiger partial charge in [0.05, 0.1) is 23.8 Å². The highest BCUT2D eigenvalue weighted by Gasteiger charge is 2.14. The third-order valence-corrected chi connectivity index (χ3v) is 4.67. The molecule has 0 aliphatic heterocycles. The molecule has 2 rings (SSSR count). The van der Waals surface area contributed by atoms with Crippen LogP contribution in [0.3, 0.4) is 0 Å². The van der Waals surface area contributed by atoms with Crippen LogP contribution in [0.5, 0.6) is 11.5 Å². The zero-order valence-corrected chi connectivity index (χ0v) is 17.2. The van der Waals surface area contributed by atoms with Crippen molar-refractivity contribution in [1.82, 2.24) is 10.6 Å². The molecule has 0 fully saturated rings. The fraction of sp³-hybridized carbons (Fsp3) is 0.400. The summed E-state index contributed by atoms with van der Waals surface area (Å²) in [6.45, 7) is 2.97. The molecule has 2 aromatic rings. The van der Waals surface area contributed by atoms with Crippen molar-refractivity contribution in [2.24, 2.45) is 0 Å². The van der Waals surface area contributed by atoms with Gasteiger partial charge in [0, 0.05) is 18.7 Å². The third-order valence-electron chi connectivity index (χ3n) is 4.04. The minimum atomic E-state index is -0.433. The van der Waals surface area contributed by atoms with Gasteiger partial charge in [-0.2, -0.15) is 0 Å². The summed E-state index contributed by atoms with van der Waals surface area (Å²) in [4.78, 5) is 0. The van der Waals surface area contributed by atoms with E-state index >= 15 is 0 Å². The van der Waals surface area contributed by atoms with Crippen molar-refractivity contribution in [2.75, 3.05) is 33.4 Å². The molecule has 0 aromatic heterocycles. The summed E-state index contributed by atoms with van der Waals surface area (Å²) in [5.41, 5.74) is 1.21. The molecular weight excluding hydrogens is 406 g/mol. The van der Waals surface area contributed by atoms with E-state index in [-0.39, 0.29) is 18.8 Å². The zero-order chi connectivity index (χ0) is 20.4. The van der Waals surface area contributed by atoms with Crippen LogP contribution < -0.4 is 20.1 Å². The molecule has 0 atom stereocenters. The molecule has 0 aliphatic carbocycles. The predicted octanol–water partition coefficient (Wildman–Crippen LogP) is 3.78. The minimum Gasteiger partial charge on any atom is -0.493 e. The summed E-state index contributed by atoms with van der Waals surface area (Å²) >= 11 is 12.4. The lowest BCUT2D eigenvalue weighted by Gasteiger charge is -2.15. The number of hydrogen-bond acceptors (Lipinski definition) is 5. The normalized spacial score (nSPS) is 10.9. The molecule has 0 saturated heterocycles. The molecule has 0 saturated carbocycles. The van der Waals surface area contributed by atoms with Crippen molar-refractivity contribution in [3.8, 4) is 11.5 Å². The van der Waals surface area contributed by atoms with Gasteiger partial charge in [-0.05, 0) is 49.3 Å². The lowest BCUT2D eigenvalue weighted by atomic mass is 10.2. The first kappa shape index (κ1) is 22.7. The first-order chi connectivity index (χ1) is 13.6. The van der Waals surface area contributed by atoms with Crippen LogP contribution >= 0.6 is 23.2 Å². The Morgan fingerprint density at radius 1 is 1.07 bits per heavy atom. The molecule has 0 aliphatic rings. The number of halogens is 3. The average Bonchev–Trinajstić information content (AvgIpc) is 2.67. The molecule has 28 heavy (non-hydrogen) atoms. The van der Waals surface area contributed by atoms with Gasteiger partial charge >= 0.3 is 0 Å². The number of methoxy groups -OCH3 is 1. The van der Waals surface area contributed by atoms with Crippen molar-refractivity contribution in [1.29, 1.82) is 0 Å². The van der Waals surface area contributed by atoms with E-state index in [9.17, 15) is 4.39 Å². The molecule has 2 aromatic carbocycles. The Morgan fingerprint density at radius 2 is 1.86 bits per heavy atom. The van der Waals surface area contributed by atoms with E-state index in [0.717, 1.165) is 25.1 Å². The van der Waals surface area contributed by atoms with Crippen molar-refractivity contribution < 1.29 is 19.0 Å². The van der Waals surface area contributed by atoms with Gasteiger partial charge < -0.3 is 25.2 Å². The molecule has 0 spiro atoms. The molecule has 0 unspecified atom stereocenters. The van der Waals surface area contributed by atoms with Crippen LogP contribution in [-0.4, -0.2) is 38.5 Å². The summed E-state index contributed by atoms with van der Waals surface area (Å²) in [6, 6.07) is 8.10. The van der Waals surface area contributed by atoms with Gasteiger partial charge in [0.15, 0.2) is 11.5 Å². The van der Waals surface area contributed by atoms with Gasteiger partial charge in [0.2, 0.25) is 0 Å². The SMILES string of the molecule is COc1cc(CNCCCNCCO)cc(Cl)c1OCc1c(F)cccc1Cl. The lowest BCUT2D eigenvalue weighted by Crippen LogP contribution is -2.23. The lowest BCUT2D eigenvalue weighted by molar-refractivity contribution is 0.280. The van der Waals surface area contributed by atoms with Gasteiger partial charge in [-0.3, -0.25) is 0 Å². The van der Waals surface area contributed by atoms with E-state index in [1.807, 2.05) is 6.07 Å². The number of hydrogen-bond donors (Lipinski definition) is 3. The number of nitrogens with one attached hydrogen (secondary N) is 2. The van der Waals surface area contributed by atoms with E-state index in [1.165, 1.54) is 13.2 Å². The topological polar surface area (TPSA) is 62.8 Å². The molecule has 0 bridgehead atoms. The Labute approximate surface area is 174 Å². The second-order valence-corrected chi connectivity index (χ2v) is 6.92. The fourth-order valence-electron chi connectivity index (χ4n) is 2.61. The highest BCUT2D eigenvalue weighted by molar-refractivity contribution is 6.32. The Bertz CT molecular complexity index is 742. The second kappa shape index (κ2) is 12.1. The molecule has 5 nitrogen and oxygen atoms in total.